The Morgan fingerprint density at radius 1 is 1.40 bits per heavy atom. The van der Waals surface area contributed by atoms with E-state index in [4.69, 9.17) is 5.73 Å². The molecule has 2 nitrogen and oxygen atoms in total. The summed E-state index contributed by atoms with van der Waals surface area (Å²) < 4.78 is 1.38. The van der Waals surface area contributed by atoms with Gasteiger partial charge in [-0.15, -0.1) is 11.3 Å². The summed E-state index contributed by atoms with van der Waals surface area (Å²) in [4.78, 5) is 2.61. The third-order valence-corrected chi connectivity index (χ3v) is 5.53. The molecule has 2 heterocycles. The van der Waals surface area contributed by atoms with Crippen LogP contribution in [0.1, 0.15) is 37.8 Å². The first-order valence-corrected chi connectivity index (χ1v) is 8.61. The van der Waals surface area contributed by atoms with Gasteiger partial charge in [0.05, 0.1) is 0 Å². The van der Waals surface area contributed by atoms with Crippen molar-refractivity contribution >= 4 is 21.4 Å². The molecule has 1 aliphatic heterocycles. The van der Waals surface area contributed by atoms with Crippen LogP contribution in [0.3, 0.4) is 0 Å². The van der Waals surface area contributed by atoms with E-state index in [9.17, 15) is 0 Å². The molecule has 0 bridgehead atoms. The summed E-state index contributed by atoms with van der Waals surface area (Å²) in [5.74, 6) is 0.874. The van der Waals surface area contributed by atoms with Crippen LogP contribution in [0.15, 0.2) is 29.6 Å². The largest absolute Gasteiger partial charge is 0.329 e. The van der Waals surface area contributed by atoms with E-state index in [1.807, 2.05) is 11.3 Å². The lowest BCUT2D eigenvalue weighted by atomic mass is 10.0. The van der Waals surface area contributed by atoms with Crippen molar-refractivity contribution < 1.29 is 0 Å². The Kier molecular flexibility index (Phi) is 4.39. The van der Waals surface area contributed by atoms with E-state index in [2.05, 4.69) is 41.5 Å². The molecule has 1 aromatic heterocycles. The van der Waals surface area contributed by atoms with Gasteiger partial charge in [0.2, 0.25) is 0 Å². The molecule has 2 aromatic rings. The predicted molar refractivity (Wildman–Crippen MR) is 88.2 cm³/mol. The molecule has 0 aliphatic carbocycles. The van der Waals surface area contributed by atoms with Gasteiger partial charge in [0.15, 0.2) is 0 Å². The number of nitrogens with two attached hydrogens (primary N) is 1. The first-order chi connectivity index (χ1) is 9.83. The van der Waals surface area contributed by atoms with Crippen LogP contribution < -0.4 is 5.73 Å². The number of hydrogen-bond acceptors (Lipinski definition) is 3. The third kappa shape index (κ3) is 2.62. The minimum Gasteiger partial charge on any atom is -0.329 e. The fourth-order valence-corrected chi connectivity index (χ4v) is 4.53. The lowest BCUT2D eigenvalue weighted by Gasteiger charge is -2.26. The summed E-state index contributed by atoms with van der Waals surface area (Å²) in [5, 5.41) is 3.71. The third-order valence-electron chi connectivity index (χ3n) is 4.55. The maximum Gasteiger partial charge on any atom is 0.0484 e. The highest BCUT2D eigenvalue weighted by Gasteiger charge is 2.29. The summed E-state index contributed by atoms with van der Waals surface area (Å²) in [7, 11) is 0. The van der Waals surface area contributed by atoms with E-state index < -0.39 is 0 Å². The van der Waals surface area contributed by atoms with Crippen molar-refractivity contribution in [2.75, 3.05) is 19.6 Å². The number of hydrogen-bond donors (Lipinski definition) is 1. The summed E-state index contributed by atoms with van der Waals surface area (Å²) in [5.41, 5.74) is 7.55. The van der Waals surface area contributed by atoms with E-state index in [1.54, 1.807) is 0 Å². The SMILES string of the molecule is CCCC1CCN(C(CN)c2csc3ccccc23)C1. The van der Waals surface area contributed by atoms with Crippen LogP contribution in [0.4, 0.5) is 0 Å². The van der Waals surface area contributed by atoms with E-state index in [0.29, 0.717) is 6.04 Å². The summed E-state index contributed by atoms with van der Waals surface area (Å²) in [6, 6.07) is 9.10. The molecule has 1 aliphatic rings. The molecule has 108 valence electrons. The Labute approximate surface area is 125 Å². The second-order valence-corrected chi connectivity index (χ2v) is 6.79. The van der Waals surface area contributed by atoms with Crippen LogP contribution in [0.2, 0.25) is 0 Å². The van der Waals surface area contributed by atoms with Gasteiger partial charge in [0.1, 0.15) is 0 Å². The van der Waals surface area contributed by atoms with Gasteiger partial charge in [0.25, 0.3) is 0 Å². The van der Waals surface area contributed by atoms with Crippen LogP contribution in [-0.2, 0) is 0 Å². The van der Waals surface area contributed by atoms with Crippen LogP contribution in [0.5, 0.6) is 0 Å². The normalized spacial score (nSPS) is 21.6. The van der Waals surface area contributed by atoms with Crippen molar-refractivity contribution in [3.63, 3.8) is 0 Å². The topological polar surface area (TPSA) is 29.3 Å². The van der Waals surface area contributed by atoms with Crippen molar-refractivity contribution in [1.82, 2.24) is 4.90 Å². The summed E-state index contributed by atoms with van der Waals surface area (Å²) >= 11 is 1.85. The number of thiophene rings is 1. The average molecular weight is 288 g/mol. The molecule has 0 radical (unpaired) electrons. The van der Waals surface area contributed by atoms with Gasteiger partial charge in [0, 0.05) is 23.8 Å². The second kappa shape index (κ2) is 6.25. The Bertz CT molecular complexity index is 563. The maximum atomic E-state index is 6.12. The molecule has 3 heteroatoms. The fourth-order valence-electron chi connectivity index (χ4n) is 3.52. The average Bonchev–Trinajstić information content (AvgIpc) is 3.09. The van der Waals surface area contributed by atoms with Crippen LogP contribution in [0, 0.1) is 5.92 Å². The quantitative estimate of drug-likeness (QED) is 0.900. The predicted octanol–water partition coefficient (Wildman–Crippen LogP) is 4.02. The smallest absolute Gasteiger partial charge is 0.0484 e. The zero-order valence-electron chi connectivity index (χ0n) is 12.2. The Hall–Kier alpha value is -0.900. The van der Waals surface area contributed by atoms with Gasteiger partial charge in [-0.25, -0.2) is 0 Å². The van der Waals surface area contributed by atoms with Gasteiger partial charge in [-0.3, -0.25) is 4.90 Å². The van der Waals surface area contributed by atoms with Crippen LogP contribution >= 0.6 is 11.3 Å². The number of benzene rings is 1. The zero-order valence-corrected chi connectivity index (χ0v) is 13.0. The molecule has 0 amide bonds. The molecule has 2 N–H and O–H groups in total. The molecular formula is C17H24N2S. The van der Waals surface area contributed by atoms with Crippen molar-refractivity contribution in [2.45, 2.75) is 32.2 Å². The molecule has 2 unspecified atom stereocenters. The number of nitrogens with zero attached hydrogens (tertiary/aromatic N) is 1. The maximum absolute atomic E-state index is 6.12. The molecular weight excluding hydrogens is 264 g/mol. The molecule has 1 fully saturated rings. The highest BCUT2D eigenvalue weighted by Crippen LogP contribution is 2.35. The monoisotopic (exact) mass is 288 g/mol. The van der Waals surface area contributed by atoms with Crippen LogP contribution in [-0.4, -0.2) is 24.5 Å². The second-order valence-electron chi connectivity index (χ2n) is 5.88. The van der Waals surface area contributed by atoms with E-state index in [1.165, 1.54) is 48.0 Å². The Morgan fingerprint density at radius 2 is 2.25 bits per heavy atom. The Balaban J connectivity index is 1.83. The number of likely N-dealkylation sites (tertiary alicyclic amines) is 1. The standard InChI is InChI=1S/C17H24N2S/c1-2-5-13-8-9-19(11-13)16(10-18)15-12-20-17-7-4-3-6-14(15)17/h3-4,6-7,12-13,16H,2,5,8-11,18H2,1H3. The highest BCUT2D eigenvalue weighted by atomic mass is 32.1. The molecule has 20 heavy (non-hydrogen) atoms. The van der Waals surface area contributed by atoms with Gasteiger partial charge >= 0.3 is 0 Å². The first-order valence-electron chi connectivity index (χ1n) is 7.73. The summed E-state index contributed by atoms with van der Waals surface area (Å²) in [6.07, 6.45) is 4.00. The van der Waals surface area contributed by atoms with Crippen molar-refractivity contribution in [2.24, 2.45) is 11.7 Å². The summed E-state index contributed by atoms with van der Waals surface area (Å²) in [6.45, 7) is 5.44. The lowest BCUT2D eigenvalue weighted by Crippen LogP contribution is -2.32. The van der Waals surface area contributed by atoms with Gasteiger partial charge < -0.3 is 5.73 Å². The minimum absolute atomic E-state index is 0.396. The first kappa shape index (κ1) is 14.1. The molecule has 1 aromatic carbocycles. The highest BCUT2D eigenvalue weighted by molar-refractivity contribution is 7.17. The van der Waals surface area contributed by atoms with Crippen molar-refractivity contribution in [3.8, 4) is 0 Å². The number of rotatable bonds is 5. The molecule has 3 rings (SSSR count). The fraction of sp³-hybridized carbons (Fsp3) is 0.529. The molecule has 1 saturated heterocycles. The van der Waals surface area contributed by atoms with Gasteiger partial charge in [-0.1, -0.05) is 31.5 Å². The molecule has 0 saturated carbocycles. The van der Waals surface area contributed by atoms with Crippen molar-refractivity contribution in [3.05, 3.63) is 35.2 Å². The van der Waals surface area contributed by atoms with E-state index in [-0.39, 0.29) is 0 Å². The van der Waals surface area contributed by atoms with Gasteiger partial charge in [-0.2, -0.15) is 0 Å². The number of fused-ring (bicyclic) bond motifs is 1. The molecule has 0 spiro atoms. The zero-order chi connectivity index (χ0) is 13.9. The molecule has 2 atom stereocenters. The van der Waals surface area contributed by atoms with Crippen LogP contribution in [0.25, 0.3) is 10.1 Å². The van der Waals surface area contributed by atoms with Gasteiger partial charge in [-0.05, 0) is 47.7 Å². The lowest BCUT2D eigenvalue weighted by molar-refractivity contribution is 0.241. The minimum atomic E-state index is 0.396. The van der Waals surface area contributed by atoms with E-state index in [0.717, 1.165) is 12.5 Å². The van der Waals surface area contributed by atoms with Crippen molar-refractivity contribution in [1.29, 1.82) is 0 Å². The Morgan fingerprint density at radius 3 is 3.05 bits per heavy atom. The van der Waals surface area contributed by atoms with E-state index >= 15 is 0 Å².